The number of fused-ring (bicyclic) bond motifs is 1. The van der Waals surface area contributed by atoms with Crippen LogP contribution in [0.2, 0.25) is 0 Å². The van der Waals surface area contributed by atoms with Gasteiger partial charge in [-0.05, 0) is 59.0 Å². The lowest BCUT2D eigenvalue weighted by Crippen LogP contribution is -2.11. The van der Waals surface area contributed by atoms with Crippen LogP contribution in [0.15, 0.2) is 96.8 Å². The van der Waals surface area contributed by atoms with Crippen molar-refractivity contribution in [2.75, 3.05) is 7.11 Å². The molecule has 4 aromatic carbocycles. The maximum atomic E-state index is 13.0. The van der Waals surface area contributed by atoms with Crippen molar-refractivity contribution in [1.29, 1.82) is 0 Å². The van der Waals surface area contributed by atoms with Crippen LogP contribution in [0.1, 0.15) is 27.0 Å². The van der Waals surface area contributed by atoms with E-state index in [1.807, 2.05) is 54.6 Å². The summed E-state index contributed by atoms with van der Waals surface area (Å²) in [7, 11) is 1.59. The number of Topliss-reactive ketones (excluding diaryl/α,β-unsaturated/α-hetero) is 1. The van der Waals surface area contributed by atoms with Crippen molar-refractivity contribution in [2.45, 2.75) is 13.3 Å². The molecule has 0 aliphatic carbocycles. The minimum absolute atomic E-state index is 0.115. The first-order valence-electron chi connectivity index (χ1n) is 11.6. The van der Waals surface area contributed by atoms with Gasteiger partial charge in [0.05, 0.1) is 19.1 Å². The van der Waals surface area contributed by atoms with Gasteiger partial charge in [-0.15, -0.1) is 0 Å². The number of allylic oxidation sites excluding steroid dienone is 1. The van der Waals surface area contributed by atoms with Gasteiger partial charge in [0, 0.05) is 6.07 Å². The van der Waals surface area contributed by atoms with Crippen LogP contribution in [0.4, 0.5) is 0 Å². The third-order valence-electron chi connectivity index (χ3n) is 6.00. The Morgan fingerprint density at radius 2 is 1.56 bits per heavy atom. The summed E-state index contributed by atoms with van der Waals surface area (Å²) in [6.07, 6.45) is 1.84. The molecule has 178 valence electrons. The molecule has 36 heavy (non-hydrogen) atoms. The molecule has 1 aliphatic heterocycles. The Morgan fingerprint density at radius 3 is 2.25 bits per heavy atom. The van der Waals surface area contributed by atoms with Crippen molar-refractivity contribution >= 4 is 17.8 Å². The second-order valence-corrected chi connectivity index (χ2v) is 8.54. The molecule has 0 radical (unpaired) electrons. The molecule has 0 amide bonds. The number of rotatable bonds is 6. The lowest BCUT2D eigenvalue weighted by Gasteiger charge is -2.08. The fourth-order valence-electron chi connectivity index (χ4n) is 4.17. The molecule has 4 aromatic rings. The zero-order valence-electron chi connectivity index (χ0n) is 20.0. The highest BCUT2D eigenvalue weighted by atomic mass is 16.5. The van der Waals surface area contributed by atoms with Gasteiger partial charge in [-0.1, -0.05) is 66.7 Å². The van der Waals surface area contributed by atoms with Crippen molar-refractivity contribution in [3.63, 3.8) is 0 Å². The van der Waals surface area contributed by atoms with Crippen molar-refractivity contribution in [2.24, 2.45) is 0 Å². The number of benzene rings is 4. The number of methoxy groups -OCH3 is 1. The quantitative estimate of drug-likeness (QED) is 0.182. The van der Waals surface area contributed by atoms with Crippen LogP contribution in [0, 0.1) is 6.92 Å². The number of aryl methyl sites for hydroxylation is 1. The molecule has 0 atom stereocenters. The Hall–Kier alpha value is -4.64. The summed E-state index contributed by atoms with van der Waals surface area (Å²) in [4.78, 5) is 25.5. The molecule has 0 bridgehead atoms. The molecule has 5 rings (SSSR count). The largest absolute Gasteiger partial charge is 0.497 e. The second-order valence-electron chi connectivity index (χ2n) is 8.54. The van der Waals surface area contributed by atoms with Crippen LogP contribution >= 0.6 is 0 Å². The number of ether oxygens (including phenoxy) is 3. The molecule has 5 nitrogen and oxygen atoms in total. The minimum Gasteiger partial charge on any atom is -0.497 e. The number of hydrogen-bond acceptors (Lipinski definition) is 5. The lowest BCUT2D eigenvalue weighted by atomic mass is 10.0. The third kappa shape index (κ3) is 4.91. The summed E-state index contributed by atoms with van der Waals surface area (Å²) in [6.45, 7) is 1.80. The topological polar surface area (TPSA) is 61.8 Å². The Kier molecular flexibility index (Phi) is 6.37. The molecule has 0 saturated carbocycles. The maximum absolute atomic E-state index is 13.0. The van der Waals surface area contributed by atoms with Gasteiger partial charge in [-0.25, -0.2) is 0 Å². The van der Waals surface area contributed by atoms with Crippen LogP contribution in [0.3, 0.4) is 0 Å². The van der Waals surface area contributed by atoms with Crippen LogP contribution < -0.4 is 14.2 Å². The average molecular weight is 477 g/mol. The summed E-state index contributed by atoms with van der Waals surface area (Å²) in [5.74, 6) is 1.09. The Morgan fingerprint density at radius 1 is 0.861 bits per heavy atom. The number of carbonyl (C=O) groups is 2. The summed E-state index contributed by atoms with van der Waals surface area (Å²) in [6, 6.07) is 28.5. The number of carbonyl (C=O) groups excluding carboxylic acids is 2. The molecular formula is C31H24O5. The highest BCUT2D eigenvalue weighted by Gasteiger charge is 2.30. The van der Waals surface area contributed by atoms with E-state index in [0.717, 1.165) is 28.0 Å². The summed E-state index contributed by atoms with van der Waals surface area (Å²) in [5, 5.41) is 0. The molecule has 0 spiro atoms. The van der Waals surface area contributed by atoms with Gasteiger partial charge in [0.2, 0.25) is 5.78 Å². The second kappa shape index (κ2) is 9.92. The zero-order chi connectivity index (χ0) is 25.1. The van der Waals surface area contributed by atoms with Gasteiger partial charge in [-0.3, -0.25) is 9.59 Å². The van der Waals surface area contributed by atoms with Crippen LogP contribution in [0.5, 0.6) is 17.2 Å². The molecule has 1 aliphatic rings. The van der Waals surface area contributed by atoms with Gasteiger partial charge >= 0.3 is 5.97 Å². The average Bonchev–Trinajstić information content (AvgIpc) is 3.20. The Balaban J connectivity index is 1.30. The highest BCUT2D eigenvalue weighted by molar-refractivity contribution is 6.15. The van der Waals surface area contributed by atoms with Crippen molar-refractivity contribution in [1.82, 2.24) is 0 Å². The van der Waals surface area contributed by atoms with E-state index in [1.54, 1.807) is 44.4 Å². The summed E-state index contributed by atoms with van der Waals surface area (Å²) < 4.78 is 16.6. The monoisotopic (exact) mass is 476 g/mol. The number of ketones is 1. The molecule has 0 N–H and O–H groups in total. The third-order valence-corrected chi connectivity index (χ3v) is 6.00. The van der Waals surface area contributed by atoms with Crippen molar-refractivity contribution in [3.05, 3.63) is 119 Å². The van der Waals surface area contributed by atoms with Crippen LogP contribution in [-0.4, -0.2) is 18.9 Å². The fraction of sp³-hybridized carbons (Fsp3) is 0.0968. The van der Waals surface area contributed by atoms with Gasteiger partial charge in [0.1, 0.15) is 17.2 Å². The van der Waals surface area contributed by atoms with Crippen LogP contribution in [0.25, 0.3) is 17.2 Å². The van der Waals surface area contributed by atoms with Gasteiger partial charge in [0.25, 0.3) is 0 Å². The Labute approximate surface area is 209 Å². The number of hydrogen-bond donors (Lipinski definition) is 0. The summed E-state index contributed by atoms with van der Waals surface area (Å²) in [5.41, 5.74) is 5.06. The zero-order valence-corrected chi connectivity index (χ0v) is 20.0. The van der Waals surface area contributed by atoms with Gasteiger partial charge < -0.3 is 14.2 Å². The number of esters is 1. The van der Waals surface area contributed by atoms with Gasteiger partial charge in [0.15, 0.2) is 5.76 Å². The minimum atomic E-state index is -0.405. The molecule has 0 saturated heterocycles. The molecule has 0 aromatic heterocycles. The van der Waals surface area contributed by atoms with Crippen molar-refractivity contribution < 1.29 is 23.8 Å². The molecular weight excluding hydrogens is 452 g/mol. The normalized spacial score (nSPS) is 13.3. The summed E-state index contributed by atoms with van der Waals surface area (Å²) >= 11 is 0. The predicted octanol–water partition coefficient (Wildman–Crippen LogP) is 6.43. The first-order valence-corrected chi connectivity index (χ1v) is 11.6. The van der Waals surface area contributed by atoms with E-state index in [1.165, 1.54) is 0 Å². The first-order chi connectivity index (χ1) is 17.5. The van der Waals surface area contributed by atoms with E-state index >= 15 is 0 Å². The van der Waals surface area contributed by atoms with Crippen molar-refractivity contribution in [3.8, 4) is 28.4 Å². The van der Waals surface area contributed by atoms with Gasteiger partial charge in [-0.2, -0.15) is 0 Å². The molecule has 0 fully saturated rings. The van der Waals surface area contributed by atoms with E-state index < -0.39 is 5.97 Å². The molecule has 0 unspecified atom stereocenters. The van der Waals surface area contributed by atoms with E-state index in [-0.39, 0.29) is 18.0 Å². The van der Waals surface area contributed by atoms with E-state index in [2.05, 4.69) is 12.1 Å². The highest BCUT2D eigenvalue weighted by Crippen LogP contribution is 2.37. The standard InChI is InChI=1S/C31H24O5/c1-20-16-26(35-29(32)18-22-10-14-25(34-2)15-11-22)19-27-30(20)31(33)28(36-27)17-21-8-12-24(13-9-21)23-6-4-3-5-7-23/h3-17,19H,18H2,1-2H3/b28-17-. The van der Waals surface area contributed by atoms with E-state index in [0.29, 0.717) is 22.6 Å². The first kappa shape index (κ1) is 23.1. The van der Waals surface area contributed by atoms with E-state index in [4.69, 9.17) is 14.2 Å². The SMILES string of the molecule is COc1ccc(CC(=O)Oc2cc(C)c3c(c2)O/C(=C\c2ccc(-c4ccccc4)cc2)C3=O)cc1. The molecule has 5 heteroatoms. The molecule has 1 heterocycles. The smallest absolute Gasteiger partial charge is 0.315 e. The lowest BCUT2D eigenvalue weighted by molar-refractivity contribution is -0.133. The predicted molar refractivity (Wildman–Crippen MR) is 138 cm³/mol. The van der Waals surface area contributed by atoms with Crippen LogP contribution in [-0.2, 0) is 11.2 Å². The Bertz CT molecular complexity index is 1450. The maximum Gasteiger partial charge on any atom is 0.315 e. The fourth-order valence-corrected chi connectivity index (χ4v) is 4.17. The van der Waals surface area contributed by atoms with E-state index in [9.17, 15) is 9.59 Å².